The fourth-order valence-electron chi connectivity index (χ4n) is 2.01. The van der Waals surface area contributed by atoms with Crippen LogP contribution in [0.2, 0.25) is 0 Å². The molecule has 7 heteroatoms. The number of carbonyl (C=O) groups is 1. The number of hydrogen-bond acceptors (Lipinski definition) is 4. The molecule has 2 N–H and O–H groups in total. The standard InChI is InChI=1S/C11H14N6O/c12-5-8-1-2-14-10(3-8)17-7-9(4-11(17)18)6-15-16-13/h1-3,9H,4-7,12H2. The smallest absolute Gasteiger partial charge is 0.228 e. The van der Waals surface area contributed by atoms with Gasteiger partial charge in [0.15, 0.2) is 0 Å². The van der Waals surface area contributed by atoms with Gasteiger partial charge in [-0.2, -0.15) is 0 Å². The molecule has 1 fully saturated rings. The van der Waals surface area contributed by atoms with Crippen molar-refractivity contribution in [1.29, 1.82) is 0 Å². The number of aromatic nitrogens is 1. The Morgan fingerprint density at radius 2 is 2.50 bits per heavy atom. The zero-order chi connectivity index (χ0) is 13.0. The fraction of sp³-hybridized carbons (Fsp3) is 0.455. The van der Waals surface area contributed by atoms with Gasteiger partial charge in [0.2, 0.25) is 5.91 Å². The van der Waals surface area contributed by atoms with Crippen molar-refractivity contribution in [3.05, 3.63) is 34.3 Å². The quantitative estimate of drug-likeness (QED) is 0.489. The maximum Gasteiger partial charge on any atom is 0.228 e. The SMILES string of the molecule is [N-]=[N+]=NCC1CC(=O)N(c2cc(CN)ccn2)C1. The Kier molecular flexibility index (Phi) is 3.76. The molecule has 1 saturated heterocycles. The zero-order valence-corrected chi connectivity index (χ0v) is 9.86. The molecule has 0 aliphatic carbocycles. The van der Waals surface area contributed by atoms with E-state index in [1.54, 1.807) is 11.1 Å². The molecule has 1 aliphatic rings. The van der Waals surface area contributed by atoms with Crippen molar-refractivity contribution in [3.63, 3.8) is 0 Å². The predicted molar refractivity (Wildman–Crippen MR) is 66.6 cm³/mol. The van der Waals surface area contributed by atoms with Crippen molar-refractivity contribution in [2.45, 2.75) is 13.0 Å². The first-order valence-corrected chi connectivity index (χ1v) is 5.71. The number of carbonyl (C=O) groups excluding carboxylic acids is 1. The van der Waals surface area contributed by atoms with Gasteiger partial charge in [-0.25, -0.2) is 4.98 Å². The summed E-state index contributed by atoms with van der Waals surface area (Å²) in [6, 6.07) is 3.63. The minimum absolute atomic E-state index is 0.00908. The van der Waals surface area contributed by atoms with Gasteiger partial charge in [0, 0.05) is 37.2 Å². The molecule has 0 radical (unpaired) electrons. The van der Waals surface area contributed by atoms with E-state index in [4.69, 9.17) is 11.3 Å². The monoisotopic (exact) mass is 246 g/mol. The van der Waals surface area contributed by atoms with Gasteiger partial charge in [0.25, 0.3) is 0 Å². The third-order valence-electron chi connectivity index (χ3n) is 2.93. The Labute approximate surface area is 104 Å². The molecule has 1 aliphatic heterocycles. The lowest BCUT2D eigenvalue weighted by Crippen LogP contribution is -2.26. The van der Waals surface area contributed by atoms with Crippen LogP contribution >= 0.6 is 0 Å². The van der Waals surface area contributed by atoms with Gasteiger partial charge < -0.3 is 5.73 Å². The number of nitrogens with zero attached hydrogens (tertiary/aromatic N) is 5. The fourth-order valence-corrected chi connectivity index (χ4v) is 2.01. The van der Waals surface area contributed by atoms with Gasteiger partial charge in [-0.1, -0.05) is 5.11 Å². The first kappa shape index (κ1) is 12.3. The van der Waals surface area contributed by atoms with Crippen LogP contribution in [0.15, 0.2) is 23.4 Å². The van der Waals surface area contributed by atoms with Crippen LogP contribution in [-0.4, -0.2) is 24.0 Å². The van der Waals surface area contributed by atoms with Crippen LogP contribution in [0.3, 0.4) is 0 Å². The second kappa shape index (κ2) is 5.48. The van der Waals surface area contributed by atoms with E-state index in [2.05, 4.69) is 15.0 Å². The highest BCUT2D eigenvalue weighted by molar-refractivity contribution is 5.94. The Morgan fingerprint density at radius 3 is 3.22 bits per heavy atom. The van der Waals surface area contributed by atoms with E-state index < -0.39 is 0 Å². The molecule has 0 saturated carbocycles. The predicted octanol–water partition coefficient (Wildman–Crippen LogP) is 1.20. The highest BCUT2D eigenvalue weighted by Gasteiger charge is 2.30. The number of nitrogens with two attached hydrogens (primary N) is 1. The van der Waals surface area contributed by atoms with E-state index in [0.29, 0.717) is 31.9 Å². The molecule has 0 aromatic carbocycles. The van der Waals surface area contributed by atoms with Gasteiger partial charge in [0.05, 0.1) is 0 Å². The Bertz CT molecular complexity index is 496. The van der Waals surface area contributed by atoms with Crippen LogP contribution in [-0.2, 0) is 11.3 Å². The molecule has 0 spiro atoms. The van der Waals surface area contributed by atoms with Crippen LogP contribution in [0, 0.1) is 5.92 Å². The van der Waals surface area contributed by atoms with E-state index >= 15 is 0 Å². The Morgan fingerprint density at radius 1 is 1.67 bits per heavy atom. The van der Waals surface area contributed by atoms with Crippen LogP contribution < -0.4 is 10.6 Å². The zero-order valence-electron chi connectivity index (χ0n) is 9.86. The normalized spacial score (nSPS) is 18.8. The molecule has 0 bridgehead atoms. The van der Waals surface area contributed by atoms with Gasteiger partial charge >= 0.3 is 0 Å². The topological polar surface area (TPSA) is 108 Å². The molecule has 94 valence electrons. The molecule has 1 aromatic heterocycles. The molecular weight excluding hydrogens is 232 g/mol. The van der Waals surface area contributed by atoms with E-state index in [9.17, 15) is 4.79 Å². The Hall–Kier alpha value is -2.11. The molecule has 1 atom stereocenters. The summed E-state index contributed by atoms with van der Waals surface area (Å²) in [5.41, 5.74) is 14.8. The van der Waals surface area contributed by atoms with Crippen molar-refractivity contribution < 1.29 is 4.79 Å². The number of anilines is 1. The summed E-state index contributed by atoms with van der Waals surface area (Å²) in [5, 5.41) is 3.51. The average molecular weight is 246 g/mol. The van der Waals surface area contributed by atoms with Crippen LogP contribution in [0.5, 0.6) is 0 Å². The van der Waals surface area contributed by atoms with Crippen molar-refractivity contribution in [2.75, 3.05) is 18.0 Å². The average Bonchev–Trinajstić information content (AvgIpc) is 2.77. The molecule has 7 nitrogen and oxygen atoms in total. The van der Waals surface area contributed by atoms with Crippen molar-refractivity contribution >= 4 is 11.7 Å². The van der Waals surface area contributed by atoms with Crippen molar-refractivity contribution in [1.82, 2.24) is 4.98 Å². The summed E-state index contributed by atoms with van der Waals surface area (Å²) < 4.78 is 0. The lowest BCUT2D eigenvalue weighted by Gasteiger charge is -2.15. The van der Waals surface area contributed by atoms with Crippen LogP contribution in [0.25, 0.3) is 10.4 Å². The number of pyridine rings is 1. The largest absolute Gasteiger partial charge is 0.326 e. The molecule has 1 amide bonds. The third-order valence-corrected chi connectivity index (χ3v) is 2.93. The van der Waals surface area contributed by atoms with E-state index in [1.165, 1.54) is 0 Å². The van der Waals surface area contributed by atoms with Gasteiger partial charge in [0.1, 0.15) is 5.82 Å². The summed E-state index contributed by atoms with van der Waals surface area (Å²) in [7, 11) is 0. The second-order valence-electron chi connectivity index (χ2n) is 4.21. The summed E-state index contributed by atoms with van der Waals surface area (Å²) >= 11 is 0. The van der Waals surface area contributed by atoms with Crippen LogP contribution in [0.4, 0.5) is 5.82 Å². The summed E-state index contributed by atoms with van der Waals surface area (Å²) in [5.74, 6) is 0.693. The van der Waals surface area contributed by atoms with Crippen LogP contribution in [0.1, 0.15) is 12.0 Å². The highest BCUT2D eigenvalue weighted by Crippen LogP contribution is 2.24. The van der Waals surface area contributed by atoms with E-state index in [-0.39, 0.29) is 11.8 Å². The molecular formula is C11H14N6O. The molecule has 18 heavy (non-hydrogen) atoms. The number of hydrogen-bond donors (Lipinski definition) is 1. The summed E-state index contributed by atoms with van der Waals surface area (Å²) in [6.45, 7) is 1.30. The lowest BCUT2D eigenvalue weighted by molar-refractivity contribution is -0.117. The van der Waals surface area contributed by atoms with E-state index in [0.717, 1.165) is 5.56 Å². The first-order chi connectivity index (χ1) is 8.74. The van der Waals surface area contributed by atoms with Gasteiger partial charge in [-0.15, -0.1) is 0 Å². The highest BCUT2D eigenvalue weighted by atomic mass is 16.2. The third kappa shape index (κ3) is 2.58. The minimum Gasteiger partial charge on any atom is -0.326 e. The van der Waals surface area contributed by atoms with Crippen molar-refractivity contribution in [3.8, 4) is 0 Å². The number of azide groups is 1. The van der Waals surface area contributed by atoms with E-state index in [1.807, 2.05) is 12.1 Å². The molecule has 2 heterocycles. The molecule has 1 aromatic rings. The summed E-state index contributed by atoms with van der Waals surface area (Å²) in [4.78, 5) is 20.4. The number of rotatable bonds is 4. The summed E-state index contributed by atoms with van der Waals surface area (Å²) in [6.07, 6.45) is 2.04. The second-order valence-corrected chi connectivity index (χ2v) is 4.21. The molecule has 1 unspecified atom stereocenters. The first-order valence-electron chi connectivity index (χ1n) is 5.71. The van der Waals surface area contributed by atoms with Gasteiger partial charge in [-0.3, -0.25) is 9.69 Å². The maximum atomic E-state index is 11.9. The lowest BCUT2D eigenvalue weighted by atomic mass is 10.1. The van der Waals surface area contributed by atoms with Crippen molar-refractivity contribution in [2.24, 2.45) is 16.8 Å². The minimum atomic E-state index is 0.00908. The molecule has 2 rings (SSSR count). The number of amides is 1. The van der Waals surface area contributed by atoms with Gasteiger partial charge in [-0.05, 0) is 29.1 Å². The maximum absolute atomic E-state index is 11.9. The Balaban J connectivity index is 2.13.